The number of phenols is 1. The number of cyclic esters (lactones) is 1. The number of aliphatic hydroxyl groups is 3. The van der Waals surface area contributed by atoms with Gasteiger partial charge < -0.3 is 44.7 Å². The van der Waals surface area contributed by atoms with E-state index >= 15 is 0 Å². The maximum Gasteiger partial charge on any atom is 0.343 e. The van der Waals surface area contributed by atoms with Crippen molar-refractivity contribution >= 4 is 57.8 Å². The van der Waals surface area contributed by atoms with E-state index < -0.39 is 83.5 Å². The van der Waals surface area contributed by atoms with E-state index in [1.54, 1.807) is 69.6 Å². The third kappa shape index (κ3) is 9.82. The fourth-order valence-corrected chi connectivity index (χ4v) is 8.48. The minimum Gasteiger partial charge on any atom is -0.505 e. The minimum absolute atomic E-state index is 0.0577. The molecule has 4 heterocycles. The van der Waals surface area contributed by atoms with Crippen molar-refractivity contribution in [2.24, 2.45) is 28.8 Å². The van der Waals surface area contributed by atoms with Gasteiger partial charge in [-0.2, -0.15) is 5.10 Å². The zero-order chi connectivity index (χ0) is 45.7. The van der Waals surface area contributed by atoms with Crippen LogP contribution in [-0.2, 0) is 33.3 Å². The zero-order valence-electron chi connectivity index (χ0n) is 36.9. The van der Waals surface area contributed by atoms with Gasteiger partial charge in [-0.25, -0.2) is 9.78 Å². The molecule has 6 rings (SSSR count). The number of carbonyl (C=O) groups is 3. The molecule has 16 heteroatoms. The number of carbonyl (C=O) groups excluding carboxylic acids is 3. The number of hydrogen-bond acceptors (Lipinski definition) is 14. The monoisotopic (exact) mass is 867 g/mol. The molecule has 1 fully saturated rings. The van der Waals surface area contributed by atoms with E-state index in [1.807, 2.05) is 11.1 Å². The lowest BCUT2D eigenvalue weighted by molar-refractivity contribution is -0.160. The number of aromatic nitrogens is 2. The highest BCUT2D eigenvalue weighted by atomic mass is 16.6. The standard InChI is InChI=1S/C47H57N5O11/c1-25-13-12-14-26(2)46(58)50-40-41-39(49-35-18-15-31(24-52(35)41)23-48-51-20-10-9-11-21-51)38-36(44(40)57)32(54)16-17-34(61-8)37(38)47(59)62-22-19-33(60-7)27(3)45(63-30(6)53)29(5)43(56)28(4)42(25)55/h12-15,18-19,22-25,27-29,33-34,42-43,45,54-57H,9-11,20-21H2,1-8H3,(H,50,58)/b13-12+,22-19+,26-14-,48-23+/t25-,27+,28+,29+,33-,34?,42-,43+,45+/m0/s1. The first kappa shape index (κ1) is 46.5. The van der Waals surface area contributed by atoms with Crippen molar-refractivity contribution in [3.05, 3.63) is 70.5 Å². The Morgan fingerprint density at radius 1 is 0.984 bits per heavy atom. The summed E-state index contributed by atoms with van der Waals surface area (Å²) in [6.07, 6.45) is 8.86. The number of hydrogen-bond donors (Lipinski definition) is 5. The molecule has 16 nitrogen and oxygen atoms in total. The topological polar surface area (TPSA) is 214 Å². The van der Waals surface area contributed by atoms with Gasteiger partial charge in [0, 0.05) is 80.5 Å². The van der Waals surface area contributed by atoms with E-state index in [1.165, 1.54) is 33.3 Å². The number of methoxy groups -OCH3 is 2. The van der Waals surface area contributed by atoms with E-state index in [0.29, 0.717) is 11.2 Å². The molecule has 3 aromatic rings. The lowest BCUT2D eigenvalue weighted by Gasteiger charge is -2.38. The van der Waals surface area contributed by atoms with Crippen LogP contribution in [0, 0.1) is 35.5 Å². The molecule has 2 aliphatic heterocycles. The van der Waals surface area contributed by atoms with Crippen LogP contribution >= 0.6 is 0 Å². The summed E-state index contributed by atoms with van der Waals surface area (Å²) >= 11 is 0. The van der Waals surface area contributed by atoms with Crippen molar-refractivity contribution in [3.63, 3.8) is 0 Å². The normalized spacial score (nSPS) is 29.7. The molecular formula is C47H57N5O11. The molecule has 2 bridgehead atoms. The van der Waals surface area contributed by atoms with E-state index in [9.17, 15) is 34.8 Å². The van der Waals surface area contributed by atoms with Crippen molar-refractivity contribution < 1.29 is 53.8 Å². The molecule has 9 atom stereocenters. The summed E-state index contributed by atoms with van der Waals surface area (Å²) in [5, 5.41) is 55.8. The van der Waals surface area contributed by atoms with Crippen LogP contribution in [0.25, 0.3) is 28.0 Å². The van der Waals surface area contributed by atoms with Gasteiger partial charge in [0.05, 0.1) is 41.6 Å². The number of piperidine rings is 1. The number of aliphatic hydroxyl groups excluding tert-OH is 3. The number of benzene rings is 1. The highest BCUT2D eigenvalue weighted by Crippen LogP contribution is 2.33. The number of fused-ring (bicyclic) bond motifs is 1. The molecule has 336 valence electrons. The third-order valence-electron chi connectivity index (χ3n) is 12.2. The first-order valence-electron chi connectivity index (χ1n) is 21.2. The van der Waals surface area contributed by atoms with Gasteiger partial charge in [-0.05, 0) is 50.3 Å². The molecular weight excluding hydrogens is 811 g/mol. The van der Waals surface area contributed by atoms with E-state index in [0.717, 1.165) is 38.6 Å². The van der Waals surface area contributed by atoms with Gasteiger partial charge in [0.1, 0.15) is 28.5 Å². The van der Waals surface area contributed by atoms with Crippen molar-refractivity contribution in [1.29, 1.82) is 0 Å². The van der Waals surface area contributed by atoms with Gasteiger partial charge in [-0.15, -0.1) is 0 Å². The maximum atomic E-state index is 14.4. The average molecular weight is 868 g/mol. The first-order chi connectivity index (χ1) is 30.1. The molecule has 0 spiro atoms. The SMILES string of the molecule is COC1C#CC(O)=c2c(O)c3c4c(nc5ccc(/C=N/N6CCCCC6)cn54)c2=C1C(=O)O/C=C/[C@H](OC)[C@@H](C)[C@@H](OC(C)=O)[C@H](C)[C@H](O)[C@H](C)[C@@H](O)[C@@H](C)/C=C/C=C(/C)C(=O)N3. The Morgan fingerprint density at radius 2 is 1.71 bits per heavy atom. The third-order valence-corrected chi connectivity index (χ3v) is 12.2. The fourth-order valence-electron chi connectivity index (χ4n) is 8.48. The number of nitrogens with zero attached hydrogens (tertiary/aromatic N) is 4. The second-order valence-corrected chi connectivity index (χ2v) is 16.5. The molecule has 0 saturated carbocycles. The summed E-state index contributed by atoms with van der Waals surface area (Å²) in [7, 11) is 2.75. The van der Waals surface area contributed by atoms with Gasteiger partial charge >= 0.3 is 11.9 Å². The quantitative estimate of drug-likeness (QED) is 0.108. The number of rotatable bonds is 5. The lowest BCUT2D eigenvalue weighted by atomic mass is 9.78. The number of esters is 2. The summed E-state index contributed by atoms with van der Waals surface area (Å²) in [5.41, 5.74) is 1.19. The van der Waals surface area contributed by atoms with E-state index in [4.69, 9.17) is 23.9 Å². The van der Waals surface area contributed by atoms with Crippen molar-refractivity contribution in [2.75, 3.05) is 32.6 Å². The van der Waals surface area contributed by atoms with Crippen LogP contribution in [0.4, 0.5) is 5.69 Å². The maximum absolute atomic E-state index is 14.4. The van der Waals surface area contributed by atoms with Crippen LogP contribution in [0.1, 0.15) is 66.4 Å². The number of anilines is 1. The number of pyridine rings is 1. The van der Waals surface area contributed by atoms with Crippen LogP contribution in [0.5, 0.6) is 5.75 Å². The van der Waals surface area contributed by atoms with E-state index in [2.05, 4.69) is 22.3 Å². The number of hydrazone groups is 1. The van der Waals surface area contributed by atoms with Crippen LogP contribution in [0.3, 0.4) is 0 Å². The van der Waals surface area contributed by atoms with Crippen LogP contribution in [-0.4, -0.2) is 117 Å². The lowest BCUT2D eigenvalue weighted by Crippen LogP contribution is -2.46. The highest BCUT2D eigenvalue weighted by molar-refractivity contribution is 6.16. The number of allylic oxidation sites excluding steroid dienone is 2. The summed E-state index contributed by atoms with van der Waals surface area (Å²) in [6.45, 7) is 11.4. The van der Waals surface area contributed by atoms with Gasteiger partial charge in [-0.1, -0.05) is 51.8 Å². The molecule has 5 N–H and O–H groups in total. The fraction of sp³-hybridized carbons (Fsp3) is 0.468. The smallest absolute Gasteiger partial charge is 0.343 e. The van der Waals surface area contributed by atoms with Crippen molar-refractivity contribution in [3.8, 4) is 17.6 Å². The summed E-state index contributed by atoms with van der Waals surface area (Å²) in [4.78, 5) is 45.7. The Kier molecular flexibility index (Phi) is 14.8. The number of imidazole rings is 1. The molecule has 1 amide bonds. The number of amides is 1. The molecule has 1 aliphatic carbocycles. The van der Waals surface area contributed by atoms with Gasteiger partial charge in [0.2, 0.25) is 0 Å². The molecule has 3 aliphatic rings. The van der Waals surface area contributed by atoms with Crippen molar-refractivity contribution in [1.82, 2.24) is 14.4 Å². The molecule has 1 saturated heterocycles. The largest absolute Gasteiger partial charge is 0.505 e. The Balaban J connectivity index is 1.61. The number of ether oxygens (including phenoxy) is 4. The number of aromatic hydroxyl groups is 1. The zero-order valence-corrected chi connectivity index (χ0v) is 36.9. The molecule has 2 aromatic heterocycles. The second-order valence-electron chi connectivity index (χ2n) is 16.5. The highest BCUT2D eigenvalue weighted by Gasteiger charge is 2.39. The van der Waals surface area contributed by atoms with Crippen LogP contribution < -0.4 is 15.8 Å². The van der Waals surface area contributed by atoms with Gasteiger partial charge in [0.15, 0.2) is 17.6 Å². The number of nitrogens with one attached hydrogen (secondary N) is 1. The summed E-state index contributed by atoms with van der Waals surface area (Å²) in [5.74, 6) is -0.590. The van der Waals surface area contributed by atoms with Crippen LogP contribution in [0.15, 0.2) is 59.6 Å². The van der Waals surface area contributed by atoms with Gasteiger partial charge in [0.25, 0.3) is 5.91 Å². The average Bonchev–Trinajstić information content (AvgIpc) is 3.57. The molecule has 0 radical (unpaired) electrons. The molecule has 1 aromatic carbocycles. The molecule has 1 unspecified atom stereocenters. The predicted octanol–water partition coefficient (Wildman–Crippen LogP) is 3.59. The predicted molar refractivity (Wildman–Crippen MR) is 236 cm³/mol. The molecule has 63 heavy (non-hydrogen) atoms. The van der Waals surface area contributed by atoms with E-state index in [-0.39, 0.29) is 38.3 Å². The van der Waals surface area contributed by atoms with Crippen LogP contribution in [0.2, 0.25) is 0 Å². The number of phenolic OH excluding ortho intramolecular Hbond substituents is 1. The summed E-state index contributed by atoms with van der Waals surface area (Å²) < 4.78 is 24.6. The second kappa shape index (κ2) is 20.0. The Labute approximate surface area is 365 Å². The van der Waals surface area contributed by atoms with Gasteiger partial charge in [-0.3, -0.25) is 19.0 Å². The Hall–Kier alpha value is -5.99. The minimum atomic E-state index is -1.30. The Bertz CT molecular complexity index is 2560. The Morgan fingerprint density at radius 3 is 2.40 bits per heavy atom. The van der Waals surface area contributed by atoms with Crippen molar-refractivity contribution in [2.45, 2.75) is 91.3 Å². The summed E-state index contributed by atoms with van der Waals surface area (Å²) in [6, 6.07) is 3.55. The first-order valence-corrected chi connectivity index (χ1v) is 21.2.